The third kappa shape index (κ3) is 4.53. The van der Waals surface area contributed by atoms with E-state index in [1.165, 1.54) is 4.68 Å². The molecular weight excluding hydrogens is 513 g/mol. The Kier molecular flexibility index (Phi) is 6.55. The third-order valence-corrected chi connectivity index (χ3v) is 6.07. The van der Waals surface area contributed by atoms with Gasteiger partial charge in [-0.05, 0) is 48.9 Å². The Labute approximate surface area is 203 Å². The van der Waals surface area contributed by atoms with Gasteiger partial charge in [-0.25, -0.2) is 4.68 Å². The predicted molar refractivity (Wildman–Crippen MR) is 129 cm³/mol. The molecule has 1 heterocycles. The number of carbonyl (C=O) groups excluding carboxylic acids is 1. The standard InChI is InChI=1S/C24H17BrCl2N3O2/c1-14(15-6-10-17(25)11-7-15)28-24(32)21-23(31)22(16-8-12-18(26)13-9-16)30(29-21)20-5-3-2-4-19(20)27/h2-14H,1H3,(H,28,32)/t14-/m1/s1. The van der Waals surface area contributed by atoms with Gasteiger partial charge in [0, 0.05) is 15.1 Å². The lowest BCUT2D eigenvalue weighted by atomic mass is 10.1. The third-order valence-electron chi connectivity index (χ3n) is 4.97. The summed E-state index contributed by atoms with van der Waals surface area (Å²) >= 11 is 15.8. The first-order valence-electron chi connectivity index (χ1n) is 9.72. The molecule has 0 bridgehead atoms. The van der Waals surface area contributed by atoms with E-state index in [2.05, 4.69) is 26.3 Å². The fourth-order valence-corrected chi connectivity index (χ4v) is 3.92. The van der Waals surface area contributed by atoms with Gasteiger partial charge in [0.15, 0.2) is 5.69 Å². The van der Waals surface area contributed by atoms with Gasteiger partial charge in [-0.2, -0.15) is 5.10 Å². The van der Waals surface area contributed by atoms with Crippen molar-refractivity contribution in [3.63, 3.8) is 0 Å². The van der Waals surface area contributed by atoms with Gasteiger partial charge in [0.05, 0.1) is 16.8 Å². The molecule has 161 valence electrons. The van der Waals surface area contributed by atoms with E-state index in [9.17, 15) is 9.90 Å². The van der Waals surface area contributed by atoms with Crippen LogP contribution in [0, 0.1) is 0 Å². The van der Waals surface area contributed by atoms with E-state index in [0.29, 0.717) is 21.3 Å². The van der Waals surface area contributed by atoms with E-state index < -0.39 is 11.7 Å². The summed E-state index contributed by atoms with van der Waals surface area (Å²) in [6.07, 6.45) is 0. The normalized spacial score (nSPS) is 11.9. The van der Waals surface area contributed by atoms with Crippen molar-refractivity contribution in [3.8, 4) is 22.7 Å². The first kappa shape index (κ1) is 22.4. The Morgan fingerprint density at radius 2 is 1.66 bits per heavy atom. The van der Waals surface area contributed by atoms with E-state index in [0.717, 1.165) is 10.0 Å². The number of halogens is 3. The van der Waals surface area contributed by atoms with Crippen molar-refractivity contribution < 1.29 is 9.90 Å². The van der Waals surface area contributed by atoms with Crippen molar-refractivity contribution in [3.05, 3.63) is 98.6 Å². The highest BCUT2D eigenvalue weighted by Crippen LogP contribution is 2.37. The van der Waals surface area contributed by atoms with Crippen LogP contribution in [0.5, 0.6) is 5.75 Å². The van der Waals surface area contributed by atoms with Crippen molar-refractivity contribution in [1.29, 1.82) is 0 Å². The van der Waals surface area contributed by atoms with Gasteiger partial charge in [0.2, 0.25) is 5.75 Å². The predicted octanol–water partition coefficient (Wildman–Crippen LogP) is 7.24. The van der Waals surface area contributed by atoms with Crippen LogP contribution in [0.2, 0.25) is 10.0 Å². The molecule has 3 aromatic carbocycles. The van der Waals surface area contributed by atoms with Crippen LogP contribution in [0.25, 0.3) is 16.9 Å². The summed E-state index contributed by atoms with van der Waals surface area (Å²) in [5, 5.41) is 21.5. The van der Waals surface area contributed by atoms with Gasteiger partial charge in [0.1, 0.15) is 5.69 Å². The van der Waals surface area contributed by atoms with Crippen LogP contribution in [-0.4, -0.2) is 15.7 Å². The van der Waals surface area contributed by atoms with Gasteiger partial charge in [-0.3, -0.25) is 9.90 Å². The van der Waals surface area contributed by atoms with Crippen LogP contribution in [0.4, 0.5) is 0 Å². The lowest BCUT2D eigenvalue weighted by Crippen LogP contribution is -2.27. The van der Waals surface area contributed by atoms with Gasteiger partial charge in [0.25, 0.3) is 5.91 Å². The molecule has 0 saturated carbocycles. The smallest absolute Gasteiger partial charge is 0.276 e. The number of benzene rings is 3. The van der Waals surface area contributed by atoms with E-state index in [1.807, 2.05) is 31.2 Å². The zero-order valence-electron chi connectivity index (χ0n) is 16.9. The van der Waals surface area contributed by atoms with Crippen LogP contribution in [0.15, 0.2) is 77.3 Å². The number of nitrogens with zero attached hydrogens (tertiary/aromatic N) is 2. The molecule has 1 N–H and O–H groups in total. The number of amides is 1. The average molecular weight is 530 g/mol. The highest BCUT2D eigenvalue weighted by Gasteiger charge is 2.28. The summed E-state index contributed by atoms with van der Waals surface area (Å²) in [6, 6.07) is 21.0. The van der Waals surface area contributed by atoms with Gasteiger partial charge >= 0.3 is 0 Å². The molecule has 4 aromatic rings. The van der Waals surface area contributed by atoms with Gasteiger partial charge in [-0.1, -0.05) is 75.5 Å². The molecule has 0 saturated heterocycles. The molecule has 0 unspecified atom stereocenters. The van der Waals surface area contributed by atoms with Crippen molar-refractivity contribution in [2.24, 2.45) is 0 Å². The summed E-state index contributed by atoms with van der Waals surface area (Å²) in [4.78, 5) is 13.0. The number of para-hydroxylation sites is 1. The maximum Gasteiger partial charge on any atom is 0.276 e. The molecular formula is C24H17BrCl2N3O2. The van der Waals surface area contributed by atoms with Gasteiger partial charge in [-0.15, -0.1) is 0 Å². The van der Waals surface area contributed by atoms with Crippen molar-refractivity contribution >= 4 is 45.0 Å². The van der Waals surface area contributed by atoms with Crippen molar-refractivity contribution in [1.82, 2.24) is 15.1 Å². The molecule has 32 heavy (non-hydrogen) atoms. The Bertz CT molecular complexity index is 1270. The lowest BCUT2D eigenvalue weighted by Gasteiger charge is -2.13. The van der Waals surface area contributed by atoms with Gasteiger partial charge < -0.3 is 5.32 Å². The highest BCUT2D eigenvalue weighted by molar-refractivity contribution is 9.10. The minimum Gasteiger partial charge on any atom is -0.344 e. The maximum atomic E-state index is 13.3. The Morgan fingerprint density at radius 1 is 1.00 bits per heavy atom. The number of aromatic nitrogens is 2. The Morgan fingerprint density at radius 3 is 2.31 bits per heavy atom. The molecule has 8 heteroatoms. The SMILES string of the molecule is C[C@@H](NC(=O)c1nn(-c2ccccc2Cl)c(-c2ccc(Cl)cc2)c1[O])c1ccc(Br)cc1. The molecule has 1 radical (unpaired) electrons. The topological polar surface area (TPSA) is 66.8 Å². The van der Waals surface area contributed by atoms with Crippen LogP contribution < -0.4 is 5.32 Å². The minimum absolute atomic E-state index is 0.209. The van der Waals surface area contributed by atoms with E-state index in [4.69, 9.17) is 23.2 Å². The quantitative estimate of drug-likeness (QED) is 0.296. The Balaban J connectivity index is 1.76. The van der Waals surface area contributed by atoms with Crippen molar-refractivity contribution in [2.45, 2.75) is 13.0 Å². The highest BCUT2D eigenvalue weighted by atomic mass is 79.9. The Hall–Kier alpha value is -2.80. The second-order valence-corrected chi connectivity index (χ2v) is 8.90. The number of nitrogens with one attached hydrogen (secondary N) is 1. The molecule has 0 fully saturated rings. The summed E-state index contributed by atoms with van der Waals surface area (Å²) in [6.45, 7) is 1.84. The number of carbonyl (C=O) groups is 1. The van der Waals surface area contributed by atoms with E-state index in [-0.39, 0.29) is 17.4 Å². The first-order valence-corrected chi connectivity index (χ1v) is 11.3. The molecule has 0 aliphatic heterocycles. The molecule has 1 amide bonds. The summed E-state index contributed by atoms with van der Waals surface area (Å²) in [7, 11) is 0. The largest absolute Gasteiger partial charge is 0.344 e. The summed E-state index contributed by atoms with van der Waals surface area (Å²) < 4.78 is 2.35. The zero-order chi connectivity index (χ0) is 22.8. The van der Waals surface area contributed by atoms with Crippen LogP contribution in [0.1, 0.15) is 29.0 Å². The molecule has 0 aliphatic carbocycles. The molecule has 0 aliphatic rings. The van der Waals surface area contributed by atoms with Crippen LogP contribution >= 0.6 is 39.1 Å². The maximum absolute atomic E-state index is 13.3. The molecule has 1 aromatic heterocycles. The minimum atomic E-state index is -0.563. The van der Waals surface area contributed by atoms with Crippen LogP contribution in [-0.2, 0) is 5.11 Å². The molecule has 1 atom stereocenters. The molecule has 4 rings (SSSR count). The monoisotopic (exact) mass is 528 g/mol. The van der Waals surface area contributed by atoms with Crippen LogP contribution in [0.3, 0.4) is 0 Å². The van der Waals surface area contributed by atoms with Crippen molar-refractivity contribution in [2.75, 3.05) is 0 Å². The molecule has 0 spiro atoms. The number of rotatable bonds is 5. The summed E-state index contributed by atoms with van der Waals surface area (Å²) in [5.74, 6) is -1.06. The average Bonchev–Trinajstić information content (AvgIpc) is 3.12. The van der Waals surface area contributed by atoms with E-state index in [1.54, 1.807) is 48.5 Å². The molecule has 5 nitrogen and oxygen atoms in total. The lowest BCUT2D eigenvalue weighted by molar-refractivity contribution is 0.0930. The number of hydrogen-bond donors (Lipinski definition) is 1. The fraction of sp³-hybridized carbons (Fsp3) is 0.0833. The van der Waals surface area contributed by atoms with E-state index >= 15 is 0 Å². The summed E-state index contributed by atoms with van der Waals surface area (Å²) in [5.41, 5.74) is 2.00. The number of hydrogen-bond acceptors (Lipinski definition) is 2. The second kappa shape index (κ2) is 9.36. The fourth-order valence-electron chi connectivity index (χ4n) is 3.31. The second-order valence-electron chi connectivity index (χ2n) is 7.14. The first-order chi connectivity index (χ1) is 15.3. The zero-order valence-corrected chi connectivity index (χ0v) is 19.9.